The fourth-order valence-electron chi connectivity index (χ4n) is 1.28. The second-order valence-electron chi connectivity index (χ2n) is 7.99. The number of hydrogen-bond acceptors (Lipinski definition) is 3. The van der Waals surface area contributed by atoms with E-state index in [-0.39, 0.29) is 5.41 Å². The van der Waals surface area contributed by atoms with Gasteiger partial charge in [-0.3, -0.25) is 4.99 Å². The topological polar surface area (TPSA) is 50.4 Å². The third kappa shape index (κ3) is 14.3. The van der Waals surface area contributed by atoms with Crippen molar-refractivity contribution < 1.29 is 0 Å². The Morgan fingerprint density at radius 1 is 1.04 bits per heavy atom. The lowest BCUT2D eigenvalue weighted by Crippen LogP contribution is -2.30. The molecular formula is C19H35N3S. The Labute approximate surface area is 147 Å². The molecule has 0 aromatic heterocycles. The Morgan fingerprint density at radius 3 is 1.96 bits per heavy atom. The molecular weight excluding hydrogens is 302 g/mol. The number of nitrogens with two attached hydrogens (primary N) is 1. The van der Waals surface area contributed by atoms with Crippen molar-refractivity contribution in [3.63, 3.8) is 0 Å². The minimum absolute atomic E-state index is 0.281. The first kappa shape index (κ1) is 22.0. The summed E-state index contributed by atoms with van der Waals surface area (Å²) >= 11 is 1.67. The zero-order chi connectivity index (χ0) is 17.9. The molecule has 0 fully saturated rings. The number of rotatable bonds is 3. The van der Waals surface area contributed by atoms with Crippen LogP contribution in [0.4, 0.5) is 0 Å². The Balaban J connectivity index is 0.000000688. The first-order valence-corrected chi connectivity index (χ1v) is 9.36. The second kappa shape index (κ2) is 10.7. The van der Waals surface area contributed by atoms with E-state index in [4.69, 9.17) is 5.73 Å². The summed E-state index contributed by atoms with van der Waals surface area (Å²) in [5, 5.41) is 4.41. The van der Waals surface area contributed by atoms with Crippen molar-refractivity contribution in [1.82, 2.24) is 5.32 Å². The molecule has 3 N–H and O–H groups in total. The first-order chi connectivity index (χ1) is 10.6. The SMILES string of the molecule is CC(C)(C)CN.CSC(=NCc1ccccc1)NCC(C)(C)C. The number of nitrogens with zero attached hydrogens (tertiary/aromatic N) is 1. The summed E-state index contributed by atoms with van der Waals surface area (Å²) in [5.41, 5.74) is 7.15. The summed E-state index contributed by atoms with van der Waals surface area (Å²) in [7, 11) is 0. The number of amidine groups is 1. The van der Waals surface area contributed by atoms with E-state index in [0.29, 0.717) is 5.41 Å². The van der Waals surface area contributed by atoms with Crippen molar-refractivity contribution in [2.45, 2.75) is 48.1 Å². The summed E-state index contributed by atoms with van der Waals surface area (Å²) in [4.78, 5) is 4.58. The van der Waals surface area contributed by atoms with Crippen molar-refractivity contribution in [3.05, 3.63) is 35.9 Å². The summed E-state index contributed by atoms with van der Waals surface area (Å²) in [6, 6.07) is 10.3. The van der Waals surface area contributed by atoms with E-state index in [0.717, 1.165) is 24.8 Å². The lowest BCUT2D eigenvalue weighted by atomic mass is 9.97. The number of nitrogens with one attached hydrogen (secondary N) is 1. The average Bonchev–Trinajstić information content (AvgIpc) is 2.47. The Kier molecular flexibility index (Phi) is 10.2. The maximum atomic E-state index is 5.31. The van der Waals surface area contributed by atoms with Gasteiger partial charge in [-0.05, 0) is 29.2 Å². The molecule has 0 aliphatic rings. The smallest absolute Gasteiger partial charge is 0.156 e. The van der Waals surface area contributed by atoms with Crippen LogP contribution in [0.5, 0.6) is 0 Å². The number of thioether (sulfide) groups is 1. The van der Waals surface area contributed by atoms with Crippen molar-refractivity contribution >= 4 is 16.9 Å². The molecule has 0 unspecified atom stereocenters. The van der Waals surface area contributed by atoms with Crippen molar-refractivity contribution in [1.29, 1.82) is 0 Å². The number of benzene rings is 1. The molecule has 0 saturated carbocycles. The van der Waals surface area contributed by atoms with Gasteiger partial charge in [0.15, 0.2) is 5.17 Å². The predicted molar refractivity (Wildman–Crippen MR) is 107 cm³/mol. The molecule has 0 saturated heterocycles. The van der Waals surface area contributed by atoms with Gasteiger partial charge in [-0.1, -0.05) is 83.6 Å². The van der Waals surface area contributed by atoms with Gasteiger partial charge in [-0.25, -0.2) is 0 Å². The Bertz CT molecular complexity index is 442. The van der Waals surface area contributed by atoms with Gasteiger partial charge in [0.1, 0.15) is 0 Å². The first-order valence-electron chi connectivity index (χ1n) is 8.14. The normalized spacial score (nSPS) is 12.4. The highest BCUT2D eigenvalue weighted by Crippen LogP contribution is 2.11. The molecule has 0 spiro atoms. The lowest BCUT2D eigenvalue weighted by Gasteiger charge is -2.19. The monoisotopic (exact) mass is 337 g/mol. The van der Waals surface area contributed by atoms with E-state index >= 15 is 0 Å². The summed E-state index contributed by atoms with van der Waals surface area (Å²) in [5.74, 6) is 0. The van der Waals surface area contributed by atoms with Gasteiger partial charge in [0, 0.05) is 6.54 Å². The van der Waals surface area contributed by atoms with Crippen LogP contribution in [0.2, 0.25) is 0 Å². The molecule has 1 aromatic carbocycles. The standard InChI is InChI=1S/C14H22N2S.C5H13N/c1-14(2,3)11-16-13(17-4)15-10-12-8-6-5-7-9-12;1-5(2,3)4-6/h5-9H,10-11H2,1-4H3,(H,15,16);4,6H2,1-3H3. The van der Waals surface area contributed by atoms with Crippen LogP contribution >= 0.6 is 11.8 Å². The van der Waals surface area contributed by atoms with Gasteiger partial charge in [-0.2, -0.15) is 0 Å². The molecule has 0 heterocycles. The van der Waals surface area contributed by atoms with Crippen LogP contribution in [-0.4, -0.2) is 24.5 Å². The maximum absolute atomic E-state index is 5.31. The highest BCUT2D eigenvalue weighted by molar-refractivity contribution is 8.13. The minimum atomic E-state index is 0.281. The van der Waals surface area contributed by atoms with Gasteiger partial charge < -0.3 is 11.1 Å². The van der Waals surface area contributed by atoms with E-state index in [1.54, 1.807) is 11.8 Å². The van der Waals surface area contributed by atoms with Crippen molar-refractivity contribution in [2.24, 2.45) is 21.6 Å². The summed E-state index contributed by atoms with van der Waals surface area (Å²) in [6.07, 6.45) is 2.06. The largest absolute Gasteiger partial charge is 0.364 e. The lowest BCUT2D eigenvalue weighted by molar-refractivity contribution is 0.410. The van der Waals surface area contributed by atoms with E-state index < -0.39 is 0 Å². The molecule has 0 amide bonds. The van der Waals surface area contributed by atoms with Crippen molar-refractivity contribution in [2.75, 3.05) is 19.3 Å². The van der Waals surface area contributed by atoms with Crippen LogP contribution < -0.4 is 11.1 Å². The Morgan fingerprint density at radius 2 is 1.57 bits per heavy atom. The van der Waals surface area contributed by atoms with Gasteiger partial charge in [0.2, 0.25) is 0 Å². The van der Waals surface area contributed by atoms with Crippen LogP contribution in [0, 0.1) is 10.8 Å². The van der Waals surface area contributed by atoms with Gasteiger partial charge in [-0.15, -0.1) is 0 Å². The number of aliphatic imine (C=N–C) groups is 1. The average molecular weight is 338 g/mol. The van der Waals surface area contributed by atoms with Crippen LogP contribution in [0.15, 0.2) is 35.3 Å². The summed E-state index contributed by atoms with van der Waals surface area (Å²) in [6.45, 7) is 15.5. The summed E-state index contributed by atoms with van der Waals surface area (Å²) < 4.78 is 0. The van der Waals surface area contributed by atoms with Gasteiger partial charge in [0.25, 0.3) is 0 Å². The van der Waals surface area contributed by atoms with Gasteiger partial charge >= 0.3 is 0 Å². The quantitative estimate of drug-likeness (QED) is 0.629. The molecule has 1 rings (SSSR count). The maximum Gasteiger partial charge on any atom is 0.156 e. The number of hydrogen-bond donors (Lipinski definition) is 2. The molecule has 23 heavy (non-hydrogen) atoms. The van der Waals surface area contributed by atoms with Crippen LogP contribution in [0.1, 0.15) is 47.1 Å². The molecule has 0 radical (unpaired) electrons. The highest BCUT2D eigenvalue weighted by atomic mass is 32.2. The van der Waals surface area contributed by atoms with E-state index in [2.05, 4.69) is 70.2 Å². The Hall–Kier alpha value is -1.00. The fourth-order valence-corrected chi connectivity index (χ4v) is 1.69. The molecule has 0 aliphatic heterocycles. The van der Waals surface area contributed by atoms with Crippen LogP contribution in [-0.2, 0) is 6.54 Å². The van der Waals surface area contributed by atoms with E-state index in [9.17, 15) is 0 Å². The van der Waals surface area contributed by atoms with E-state index in [1.165, 1.54) is 5.56 Å². The molecule has 4 heteroatoms. The molecule has 1 aromatic rings. The zero-order valence-electron chi connectivity index (χ0n) is 15.9. The second-order valence-corrected chi connectivity index (χ2v) is 8.79. The van der Waals surface area contributed by atoms with Crippen LogP contribution in [0.25, 0.3) is 0 Å². The molecule has 0 aliphatic carbocycles. The zero-order valence-corrected chi connectivity index (χ0v) is 16.8. The minimum Gasteiger partial charge on any atom is -0.364 e. The van der Waals surface area contributed by atoms with Crippen molar-refractivity contribution in [3.8, 4) is 0 Å². The molecule has 0 bridgehead atoms. The highest BCUT2D eigenvalue weighted by Gasteiger charge is 2.10. The molecule has 3 nitrogen and oxygen atoms in total. The van der Waals surface area contributed by atoms with Gasteiger partial charge in [0.05, 0.1) is 6.54 Å². The van der Waals surface area contributed by atoms with E-state index in [1.807, 2.05) is 18.2 Å². The van der Waals surface area contributed by atoms with Crippen LogP contribution in [0.3, 0.4) is 0 Å². The third-order valence-electron chi connectivity index (χ3n) is 2.82. The molecule has 132 valence electrons. The predicted octanol–water partition coefficient (Wildman–Crippen LogP) is 4.53. The fraction of sp³-hybridized carbons (Fsp3) is 0.632. The molecule has 0 atom stereocenters. The third-order valence-corrected chi connectivity index (χ3v) is 3.48.